The van der Waals surface area contributed by atoms with Crippen LogP contribution in [0.25, 0.3) is 0 Å². The zero-order valence-electron chi connectivity index (χ0n) is 19.1. The van der Waals surface area contributed by atoms with Crippen LogP contribution in [0.15, 0.2) is 36.8 Å². The van der Waals surface area contributed by atoms with Crippen molar-refractivity contribution in [3.63, 3.8) is 0 Å². The molecule has 1 N–H and O–H groups in total. The molecule has 3 heterocycles. The Morgan fingerprint density at radius 3 is 2.82 bits per heavy atom. The van der Waals surface area contributed by atoms with Gasteiger partial charge in [0.25, 0.3) is 5.91 Å². The largest absolute Gasteiger partial charge is 0.494 e. The number of halogens is 1. The highest BCUT2D eigenvalue weighted by atomic mass is 19.1. The van der Waals surface area contributed by atoms with Crippen LogP contribution in [0.2, 0.25) is 0 Å². The number of ether oxygens (including phenoxy) is 1. The molecule has 1 aromatic carbocycles. The number of nitrogens with one attached hydrogen (secondary N) is 1. The van der Waals surface area contributed by atoms with Crippen LogP contribution >= 0.6 is 0 Å². The van der Waals surface area contributed by atoms with E-state index in [1.54, 1.807) is 12.3 Å². The van der Waals surface area contributed by atoms with E-state index in [1.807, 2.05) is 35.7 Å². The molecule has 172 valence electrons. The predicted octanol–water partition coefficient (Wildman–Crippen LogP) is 4.15. The van der Waals surface area contributed by atoms with Gasteiger partial charge in [-0.15, -0.1) is 0 Å². The number of fused-ring (bicyclic) bond motifs is 1. The molecule has 2 aliphatic rings. The zero-order valence-corrected chi connectivity index (χ0v) is 19.1. The average molecular weight is 450 g/mol. The summed E-state index contributed by atoms with van der Waals surface area (Å²) in [4.78, 5) is 24.1. The third-order valence-corrected chi connectivity index (χ3v) is 6.70. The third-order valence-electron chi connectivity index (χ3n) is 6.70. The highest BCUT2D eigenvalue weighted by Gasteiger charge is 2.35. The second-order valence-corrected chi connectivity index (χ2v) is 8.78. The van der Waals surface area contributed by atoms with Crippen molar-refractivity contribution in [1.82, 2.24) is 19.4 Å². The molecule has 8 heteroatoms. The van der Waals surface area contributed by atoms with Gasteiger partial charge in [-0.05, 0) is 54.9 Å². The Morgan fingerprint density at radius 2 is 2.09 bits per heavy atom. The topological polar surface area (TPSA) is 72.3 Å². The number of nitrogens with zero attached hydrogens (tertiary/aromatic N) is 4. The summed E-state index contributed by atoms with van der Waals surface area (Å²) in [6.45, 7) is 3.18. The summed E-state index contributed by atoms with van der Waals surface area (Å²) in [5, 5.41) is 3.10. The lowest BCUT2D eigenvalue weighted by Crippen LogP contribution is -2.40. The van der Waals surface area contributed by atoms with E-state index >= 15 is 0 Å². The molecular weight excluding hydrogens is 421 g/mol. The lowest BCUT2D eigenvalue weighted by molar-refractivity contribution is 0.0668. The first-order valence-corrected chi connectivity index (χ1v) is 11.3. The number of methoxy groups -OCH3 is 1. The van der Waals surface area contributed by atoms with Gasteiger partial charge in [-0.3, -0.25) is 9.78 Å². The SMILES string of the molecule is CNc1nccn1Cc1cc2c(c(C3CC3)c1)CCN([C@@H](C)c1cc(OC)c(F)cn1)C2=O. The normalized spacial score (nSPS) is 16.5. The minimum atomic E-state index is -0.511. The molecule has 1 aliphatic heterocycles. The molecule has 33 heavy (non-hydrogen) atoms. The second-order valence-electron chi connectivity index (χ2n) is 8.78. The molecule has 2 aromatic heterocycles. The molecule has 0 bridgehead atoms. The number of pyridine rings is 1. The Labute approximate surface area is 192 Å². The smallest absolute Gasteiger partial charge is 0.254 e. The molecule has 1 amide bonds. The number of hydrogen-bond acceptors (Lipinski definition) is 5. The fraction of sp³-hybridized carbons (Fsp3) is 0.400. The zero-order chi connectivity index (χ0) is 23.1. The van der Waals surface area contributed by atoms with Crippen LogP contribution in [-0.2, 0) is 13.0 Å². The van der Waals surface area contributed by atoms with Crippen molar-refractivity contribution in [2.24, 2.45) is 0 Å². The first kappa shape index (κ1) is 21.4. The Balaban J connectivity index is 1.48. The maximum absolute atomic E-state index is 13.9. The number of anilines is 1. The van der Waals surface area contributed by atoms with E-state index in [-0.39, 0.29) is 17.7 Å². The monoisotopic (exact) mass is 449 g/mol. The van der Waals surface area contributed by atoms with Gasteiger partial charge in [0.05, 0.1) is 31.6 Å². The van der Waals surface area contributed by atoms with E-state index in [0.717, 1.165) is 29.7 Å². The molecule has 1 saturated carbocycles. The summed E-state index contributed by atoms with van der Waals surface area (Å²) in [6.07, 6.45) is 8.02. The van der Waals surface area contributed by atoms with E-state index in [2.05, 4.69) is 21.4 Å². The number of benzene rings is 1. The number of carbonyl (C=O) groups is 1. The number of carbonyl (C=O) groups excluding carboxylic acids is 1. The summed E-state index contributed by atoms with van der Waals surface area (Å²) in [6, 6.07) is 5.58. The lowest BCUT2D eigenvalue weighted by atomic mass is 9.88. The maximum atomic E-state index is 13.9. The molecular formula is C25H28FN5O2. The number of imidazole rings is 1. The first-order chi connectivity index (χ1) is 16.0. The van der Waals surface area contributed by atoms with Gasteiger partial charge in [-0.25, -0.2) is 9.37 Å². The summed E-state index contributed by atoms with van der Waals surface area (Å²) in [5.41, 5.74) is 4.97. The maximum Gasteiger partial charge on any atom is 0.254 e. The Morgan fingerprint density at radius 1 is 1.27 bits per heavy atom. The van der Waals surface area contributed by atoms with Gasteiger partial charge in [0, 0.05) is 37.6 Å². The standard InChI is InChI=1S/C25H28FN5O2/c1-15(22-12-23(33-3)21(26)13-29-22)31-8-6-18-19(17-4-5-17)10-16(11-20(18)24(31)32)14-30-9-7-28-25(30)27-2/h7,9-13,15,17H,4-6,8,14H2,1-3H3,(H,27,28)/t15-/m0/s1. The van der Waals surface area contributed by atoms with Crippen LogP contribution in [0, 0.1) is 5.82 Å². The second kappa shape index (κ2) is 8.50. The van der Waals surface area contributed by atoms with Crippen LogP contribution in [0.3, 0.4) is 0 Å². The molecule has 0 spiro atoms. The van der Waals surface area contributed by atoms with Crippen molar-refractivity contribution in [3.8, 4) is 5.75 Å². The fourth-order valence-corrected chi connectivity index (χ4v) is 4.78. The van der Waals surface area contributed by atoms with Gasteiger partial charge in [0.1, 0.15) is 0 Å². The van der Waals surface area contributed by atoms with Crippen LogP contribution in [0.4, 0.5) is 10.3 Å². The van der Waals surface area contributed by atoms with Crippen molar-refractivity contribution in [2.75, 3.05) is 26.0 Å². The molecule has 0 unspecified atom stereocenters. The van der Waals surface area contributed by atoms with E-state index in [0.29, 0.717) is 24.7 Å². The van der Waals surface area contributed by atoms with Crippen molar-refractivity contribution < 1.29 is 13.9 Å². The van der Waals surface area contributed by atoms with Crippen molar-refractivity contribution >= 4 is 11.9 Å². The number of hydrogen-bond donors (Lipinski definition) is 1. The number of aromatic nitrogens is 3. The quantitative estimate of drug-likeness (QED) is 0.587. The summed E-state index contributed by atoms with van der Waals surface area (Å²) < 4.78 is 21.0. The van der Waals surface area contributed by atoms with Gasteiger partial charge in [0.15, 0.2) is 11.6 Å². The number of rotatable bonds is 7. The average Bonchev–Trinajstić information content (AvgIpc) is 3.58. The predicted molar refractivity (Wildman–Crippen MR) is 123 cm³/mol. The van der Waals surface area contributed by atoms with Gasteiger partial charge < -0.3 is 19.5 Å². The Bertz CT molecular complexity index is 1200. The van der Waals surface area contributed by atoms with Gasteiger partial charge >= 0.3 is 0 Å². The summed E-state index contributed by atoms with van der Waals surface area (Å²) >= 11 is 0. The Kier molecular flexibility index (Phi) is 5.52. The van der Waals surface area contributed by atoms with Crippen molar-refractivity contribution in [3.05, 3.63) is 70.6 Å². The molecule has 3 aromatic rings. The molecule has 1 atom stereocenters. The van der Waals surface area contributed by atoms with E-state index in [9.17, 15) is 9.18 Å². The van der Waals surface area contributed by atoms with Crippen LogP contribution < -0.4 is 10.1 Å². The van der Waals surface area contributed by atoms with E-state index < -0.39 is 5.82 Å². The molecule has 7 nitrogen and oxygen atoms in total. The lowest BCUT2D eigenvalue weighted by Gasteiger charge is -2.34. The van der Waals surface area contributed by atoms with Gasteiger partial charge in [-0.2, -0.15) is 0 Å². The Hall–Kier alpha value is -3.42. The van der Waals surface area contributed by atoms with Gasteiger partial charge in [-0.1, -0.05) is 6.07 Å². The molecule has 5 rings (SSSR count). The third kappa shape index (κ3) is 3.94. The van der Waals surface area contributed by atoms with Gasteiger partial charge in [0.2, 0.25) is 5.95 Å². The highest BCUT2D eigenvalue weighted by molar-refractivity contribution is 5.97. The van der Waals surface area contributed by atoms with E-state index in [4.69, 9.17) is 4.74 Å². The first-order valence-electron chi connectivity index (χ1n) is 11.3. The summed E-state index contributed by atoms with van der Waals surface area (Å²) in [7, 11) is 3.28. The van der Waals surface area contributed by atoms with Crippen LogP contribution in [0.1, 0.15) is 64.5 Å². The highest BCUT2D eigenvalue weighted by Crippen LogP contribution is 2.44. The van der Waals surface area contributed by atoms with Crippen molar-refractivity contribution in [2.45, 2.75) is 44.7 Å². The van der Waals surface area contributed by atoms with Crippen LogP contribution in [0.5, 0.6) is 5.75 Å². The minimum absolute atomic E-state index is 0.00272. The molecule has 1 aliphatic carbocycles. The minimum Gasteiger partial charge on any atom is -0.494 e. The number of amides is 1. The summed E-state index contributed by atoms with van der Waals surface area (Å²) in [5.74, 6) is 0.958. The molecule has 1 fully saturated rings. The van der Waals surface area contributed by atoms with Crippen LogP contribution in [-0.4, -0.2) is 46.0 Å². The van der Waals surface area contributed by atoms with Crippen molar-refractivity contribution in [1.29, 1.82) is 0 Å². The molecule has 0 saturated heterocycles. The fourth-order valence-electron chi connectivity index (χ4n) is 4.78. The molecule has 0 radical (unpaired) electrons. The van der Waals surface area contributed by atoms with E-state index in [1.165, 1.54) is 31.1 Å².